The van der Waals surface area contributed by atoms with E-state index < -0.39 is 0 Å². The molecule has 0 aromatic heterocycles. The Morgan fingerprint density at radius 3 is 2.56 bits per heavy atom. The van der Waals surface area contributed by atoms with Crippen LogP contribution in [0.2, 0.25) is 0 Å². The second kappa shape index (κ2) is 6.40. The molecule has 1 amide bonds. The number of ether oxygens (including phenoxy) is 1. The topological polar surface area (TPSA) is 55.4 Å². The maximum Gasteiger partial charge on any atom is 0.227 e. The lowest BCUT2D eigenvalue weighted by Crippen LogP contribution is -2.18. The van der Waals surface area contributed by atoms with E-state index in [-0.39, 0.29) is 23.5 Å². The first-order valence-electron chi connectivity index (χ1n) is 5.57. The predicted octanol–water partition coefficient (Wildman–Crippen LogP) is 2.71. The molecular weight excluding hydrogens is 254 g/mol. The first-order valence-corrected chi connectivity index (χ1v) is 6.11. The Balaban J connectivity index is 3.06. The number of methoxy groups -OCH3 is 1. The molecule has 98 valence electrons. The zero-order valence-electron chi connectivity index (χ0n) is 10.6. The summed E-state index contributed by atoms with van der Waals surface area (Å²) < 4.78 is 5.14. The molecule has 0 aliphatic carbocycles. The minimum absolute atomic E-state index is 0.0934. The molecule has 0 heterocycles. The van der Waals surface area contributed by atoms with Gasteiger partial charge in [-0.05, 0) is 18.2 Å². The molecule has 0 radical (unpaired) electrons. The highest BCUT2D eigenvalue weighted by atomic mass is 35.5. The molecule has 0 aliphatic rings. The molecule has 0 fully saturated rings. The van der Waals surface area contributed by atoms with Crippen molar-refractivity contribution in [1.82, 2.24) is 0 Å². The highest BCUT2D eigenvalue weighted by Gasteiger charge is 2.13. The van der Waals surface area contributed by atoms with Gasteiger partial charge in [-0.3, -0.25) is 9.59 Å². The molecule has 0 bridgehead atoms. The largest absolute Gasteiger partial charge is 0.495 e. The van der Waals surface area contributed by atoms with Crippen molar-refractivity contribution in [3.8, 4) is 5.75 Å². The van der Waals surface area contributed by atoms with Crippen LogP contribution in [-0.2, 0) is 4.79 Å². The molecule has 0 saturated carbocycles. The number of nitrogens with one attached hydrogen (secondary N) is 1. The van der Waals surface area contributed by atoms with Gasteiger partial charge in [0.1, 0.15) is 5.75 Å². The number of carbonyl (C=O) groups is 2. The van der Waals surface area contributed by atoms with Crippen LogP contribution >= 0.6 is 11.6 Å². The van der Waals surface area contributed by atoms with Crippen molar-refractivity contribution in [3.63, 3.8) is 0 Å². The number of amides is 1. The normalized spacial score (nSPS) is 10.3. The maximum atomic E-state index is 11.7. The number of halogens is 1. The van der Waals surface area contributed by atoms with E-state index in [0.717, 1.165) is 0 Å². The molecule has 0 saturated heterocycles. The number of rotatable bonds is 5. The molecule has 0 spiro atoms. The lowest BCUT2D eigenvalue weighted by atomic mass is 10.1. The van der Waals surface area contributed by atoms with Gasteiger partial charge >= 0.3 is 0 Å². The molecule has 4 nitrogen and oxygen atoms in total. The predicted molar refractivity (Wildman–Crippen MR) is 71.5 cm³/mol. The number of ketones is 1. The fourth-order valence-electron chi connectivity index (χ4n) is 1.33. The van der Waals surface area contributed by atoms with Crippen molar-refractivity contribution in [3.05, 3.63) is 23.8 Å². The van der Waals surface area contributed by atoms with Crippen LogP contribution < -0.4 is 10.1 Å². The average molecular weight is 270 g/mol. The lowest BCUT2D eigenvalue weighted by Gasteiger charge is -2.12. The van der Waals surface area contributed by atoms with E-state index >= 15 is 0 Å². The number of carbonyl (C=O) groups excluding carboxylic acids is 2. The van der Waals surface area contributed by atoms with E-state index in [1.165, 1.54) is 7.11 Å². The van der Waals surface area contributed by atoms with Gasteiger partial charge in [0, 0.05) is 11.5 Å². The van der Waals surface area contributed by atoms with Crippen LogP contribution in [-0.4, -0.2) is 24.7 Å². The summed E-state index contributed by atoms with van der Waals surface area (Å²) >= 11 is 5.50. The van der Waals surface area contributed by atoms with E-state index in [4.69, 9.17) is 16.3 Å². The first kappa shape index (κ1) is 14.5. The van der Waals surface area contributed by atoms with Gasteiger partial charge in [0.05, 0.1) is 18.7 Å². The van der Waals surface area contributed by atoms with Crippen LogP contribution in [0.25, 0.3) is 0 Å². The summed E-state index contributed by atoms with van der Waals surface area (Å²) in [4.78, 5) is 23.2. The third kappa shape index (κ3) is 3.47. The first-order chi connectivity index (χ1) is 8.49. The van der Waals surface area contributed by atoms with Gasteiger partial charge in [-0.2, -0.15) is 0 Å². The van der Waals surface area contributed by atoms with Crippen molar-refractivity contribution in [2.24, 2.45) is 5.92 Å². The molecule has 1 aromatic carbocycles. The quantitative estimate of drug-likeness (QED) is 0.660. The van der Waals surface area contributed by atoms with Crippen molar-refractivity contribution in [2.45, 2.75) is 13.8 Å². The Labute approximate surface area is 111 Å². The molecule has 0 aliphatic heterocycles. The van der Waals surface area contributed by atoms with Crippen LogP contribution in [0, 0.1) is 5.92 Å². The summed E-state index contributed by atoms with van der Waals surface area (Å²) in [5, 5.41) is 2.72. The molecule has 0 atom stereocenters. The summed E-state index contributed by atoms with van der Waals surface area (Å²) in [5.74, 6) is -0.0653. The Kier molecular flexibility index (Phi) is 5.16. The Morgan fingerprint density at radius 1 is 1.39 bits per heavy atom. The molecule has 1 rings (SSSR count). The van der Waals surface area contributed by atoms with Gasteiger partial charge in [0.15, 0.2) is 5.78 Å². The second-order valence-corrected chi connectivity index (χ2v) is 4.38. The standard InChI is InChI=1S/C13H16ClNO3/c1-8(2)13(17)15-10-6-9(11(16)7-14)4-5-12(10)18-3/h4-6,8H,7H2,1-3H3,(H,15,17). The van der Waals surface area contributed by atoms with E-state index in [0.29, 0.717) is 17.0 Å². The molecule has 1 N–H and O–H groups in total. The number of Topliss-reactive ketones (excluding diaryl/α,β-unsaturated/α-hetero) is 1. The van der Waals surface area contributed by atoms with E-state index in [1.807, 2.05) is 0 Å². The third-order valence-corrected chi connectivity index (χ3v) is 2.67. The minimum atomic E-state index is -0.195. The number of hydrogen-bond acceptors (Lipinski definition) is 3. The summed E-state index contributed by atoms with van der Waals surface area (Å²) in [6.07, 6.45) is 0. The average Bonchev–Trinajstić information content (AvgIpc) is 2.37. The summed E-state index contributed by atoms with van der Waals surface area (Å²) in [6.45, 7) is 3.57. The smallest absolute Gasteiger partial charge is 0.227 e. The van der Waals surface area contributed by atoms with E-state index in [2.05, 4.69) is 5.32 Å². The minimum Gasteiger partial charge on any atom is -0.495 e. The monoisotopic (exact) mass is 269 g/mol. The van der Waals surface area contributed by atoms with Gasteiger partial charge in [0.2, 0.25) is 5.91 Å². The van der Waals surface area contributed by atoms with Crippen LogP contribution in [0.3, 0.4) is 0 Å². The molecule has 1 aromatic rings. The van der Waals surface area contributed by atoms with Gasteiger partial charge in [-0.1, -0.05) is 13.8 Å². The van der Waals surface area contributed by atoms with Gasteiger partial charge in [-0.25, -0.2) is 0 Å². The Morgan fingerprint density at radius 2 is 2.06 bits per heavy atom. The second-order valence-electron chi connectivity index (χ2n) is 4.12. The fraction of sp³-hybridized carbons (Fsp3) is 0.385. The molecule has 5 heteroatoms. The summed E-state index contributed by atoms with van der Waals surface area (Å²) in [5.41, 5.74) is 0.928. The van der Waals surface area contributed by atoms with Crippen molar-refractivity contribution in [1.29, 1.82) is 0 Å². The van der Waals surface area contributed by atoms with Gasteiger partial charge in [0.25, 0.3) is 0 Å². The third-order valence-electron chi connectivity index (χ3n) is 2.43. The molecule has 0 unspecified atom stereocenters. The Bertz CT molecular complexity index is 458. The van der Waals surface area contributed by atoms with Crippen molar-refractivity contribution in [2.75, 3.05) is 18.3 Å². The number of alkyl halides is 1. The number of anilines is 1. The SMILES string of the molecule is COc1ccc(C(=O)CCl)cc1NC(=O)C(C)C. The molecule has 18 heavy (non-hydrogen) atoms. The van der Waals surface area contributed by atoms with Crippen molar-refractivity contribution < 1.29 is 14.3 Å². The van der Waals surface area contributed by atoms with Crippen LogP contribution in [0.4, 0.5) is 5.69 Å². The highest BCUT2D eigenvalue weighted by molar-refractivity contribution is 6.30. The summed E-state index contributed by atoms with van der Waals surface area (Å²) in [7, 11) is 1.50. The number of hydrogen-bond donors (Lipinski definition) is 1. The number of benzene rings is 1. The summed E-state index contributed by atoms with van der Waals surface area (Å²) in [6, 6.07) is 4.83. The fourth-order valence-corrected chi connectivity index (χ4v) is 1.49. The zero-order valence-corrected chi connectivity index (χ0v) is 11.4. The van der Waals surface area contributed by atoms with Crippen molar-refractivity contribution >= 4 is 29.0 Å². The van der Waals surface area contributed by atoms with E-state index in [1.54, 1.807) is 32.0 Å². The molecular formula is C13H16ClNO3. The van der Waals surface area contributed by atoms with Crippen LogP contribution in [0.5, 0.6) is 5.75 Å². The van der Waals surface area contributed by atoms with E-state index in [9.17, 15) is 9.59 Å². The van der Waals surface area contributed by atoms with Gasteiger partial charge < -0.3 is 10.1 Å². The lowest BCUT2D eigenvalue weighted by molar-refractivity contribution is -0.118. The van der Waals surface area contributed by atoms with Crippen LogP contribution in [0.15, 0.2) is 18.2 Å². The van der Waals surface area contributed by atoms with Gasteiger partial charge in [-0.15, -0.1) is 11.6 Å². The highest BCUT2D eigenvalue weighted by Crippen LogP contribution is 2.26. The maximum absolute atomic E-state index is 11.7. The van der Waals surface area contributed by atoms with Crippen LogP contribution in [0.1, 0.15) is 24.2 Å². The Hall–Kier alpha value is -1.55. The zero-order chi connectivity index (χ0) is 13.7.